The van der Waals surface area contributed by atoms with E-state index in [-0.39, 0.29) is 74.8 Å². The number of carbonyl (C=O) groups is 2. The third-order valence-electron chi connectivity index (χ3n) is 20.9. The van der Waals surface area contributed by atoms with Crippen LogP contribution in [0, 0.1) is 68.0 Å². The van der Waals surface area contributed by atoms with E-state index in [0.29, 0.717) is 67.9 Å². The van der Waals surface area contributed by atoms with Gasteiger partial charge in [-0.15, -0.1) is 0 Å². The Balaban J connectivity index is 1.02. The minimum absolute atomic E-state index is 0.00991. The molecule has 1 aliphatic heterocycles. The Labute approximate surface area is 369 Å². The van der Waals surface area contributed by atoms with Gasteiger partial charge in [0.1, 0.15) is 18.8 Å². The summed E-state index contributed by atoms with van der Waals surface area (Å²) in [4.78, 5) is 28.9. The first-order valence-electron chi connectivity index (χ1n) is 24.7. The molecule has 0 aromatic rings. The minimum Gasteiger partial charge on any atom is -0.462 e. The first-order valence-corrected chi connectivity index (χ1v) is 26.5. The van der Waals surface area contributed by atoms with E-state index in [2.05, 4.69) is 65.6 Å². The summed E-state index contributed by atoms with van der Waals surface area (Å²) in [7, 11) is -1.47. The molecule has 0 aromatic heterocycles. The Morgan fingerprint density at radius 3 is 2.11 bits per heavy atom. The van der Waals surface area contributed by atoms with E-state index >= 15 is 0 Å². The molecule has 0 amide bonds. The molecule has 13 atom stereocenters. The van der Waals surface area contributed by atoms with Gasteiger partial charge in [0.15, 0.2) is 9.84 Å². The number of fused-ring (bicyclic) bond motifs is 7. The van der Waals surface area contributed by atoms with Crippen molar-refractivity contribution in [2.45, 2.75) is 176 Å². The number of nitrogens with zero attached hydrogens (tertiary/aromatic N) is 1. The maximum atomic E-state index is 13.6. The van der Waals surface area contributed by atoms with Crippen LogP contribution in [0.25, 0.3) is 0 Å². The quantitative estimate of drug-likeness (QED) is 0.135. The van der Waals surface area contributed by atoms with Crippen LogP contribution >= 0.6 is 0 Å². The van der Waals surface area contributed by atoms with Crippen LogP contribution in [0.1, 0.15) is 152 Å². The molecule has 8 fully saturated rings. The topological polar surface area (TPSA) is 120 Å². The summed E-state index contributed by atoms with van der Waals surface area (Å²) in [5.41, 5.74) is 1.09. The number of carbonyl (C=O) groups excluding carboxylic acids is 2. The highest BCUT2D eigenvalue weighted by atomic mass is 32.2. The second-order valence-electron chi connectivity index (χ2n) is 24.4. The highest BCUT2D eigenvalue weighted by molar-refractivity contribution is 7.91. The summed E-state index contributed by atoms with van der Waals surface area (Å²) in [6.45, 7) is 24.2. The molecule has 11 heteroatoms. The number of nitrogens with one attached hydrogen (secondary N) is 1. The zero-order valence-corrected chi connectivity index (χ0v) is 40.7. The molecule has 7 saturated carbocycles. The van der Waals surface area contributed by atoms with Crippen molar-refractivity contribution in [3.05, 3.63) is 0 Å². The van der Waals surface area contributed by atoms with Crippen molar-refractivity contribution in [3.63, 3.8) is 0 Å². The third-order valence-corrected chi connectivity index (χ3v) is 22.5. The van der Waals surface area contributed by atoms with Crippen LogP contribution < -0.4 is 5.32 Å². The highest BCUT2D eigenvalue weighted by Gasteiger charge is 2.72. The first kappa shape index (κ1) is 46.3. The average Bonchev–Trinajstić information content (AvgIpc) is 3.81. The van der Waals surface area contributed by atoms with Crippen molar-refractivity contribution in [1.29, 1.82) is 0 Å². The van der Waals surface area contributed by atoms with Gasteiger partial charge in [0, 0.05) is 37.7 Å². The van der Waals surface area contributed by atoms with E-state index in [4.69, 9.17) is 18.9 Å². The van der Waals surface area contributed by atoms with Crippen molar-refractivity contribution in [2.24, 2.45) is 68.0 Å². The van der Waals surface area contributed by atoms with Gasteiger partial charge < -0.3 is 24.3 Å². The molecule has 1 heterocycles. The second kappa shape index (κ2) is 16.3. The molecule has 1 saturated heterocycles. The molecule has 0 spiro atoms. The van der Waals surface area contributed by atoms with E-state index in [1.54, 1.807) is 7.11 Å². The van der Waals surface area contributed by atoms with Crippen molar-refractivity contribution < 1.29 is 37.0 Å². The summed E-state index contributed by atoms with van der Waals surface area (Å²) in [6, 6.07) is -0.140. The van der Waals surface area contributed by atoms with Crippen molar-refractivity contribution in [2.75, 3.05) is 58.1 Å². The zero-order valence-electron chi connectivity index (χ0n) is 39.9. The lowest BCUT2D eigenvalue weighted by Crippen LogP contribution is -2.69. The van der Waals surface area contributed by atoms with E-state index < -0.39 is 21.9 Å². The van der Waals surface area contributed by atoms with E-state index in [9.17, 15) is 18.0 Å². The molecule has 61 heavy (non-hydrogen) atoms. The summed E-state index contributed by atoms with van der Waals surface area (Å²) in [5.74, 6) is 3.06. The lowest BCUT2D eigenvalue weighted by atomic mass is 9.32. The van der Waals surface area contributed by atoms with Gasteiger partial charge in [-0.05, 0) is 153 Å². The van der Waals surface area contributed by atoms with Gasteiger partial charge in [0.05, 0.1) is 36.7 Å². The SMILES string of the molecule is COCCOCC(=O)O[C@H](C)[C@@H](CN[C@]12CC[C@@H](C3(C)CC3)[C@@H]1[C@H]1CC[C@@H]3[C@@]4(C)CC[C@H](OC(=O)[C@H]5CCC5(C)C)C(C)(C)[C@@H]4CC[C@@]3(C)[C@]1(C)CC2)N1CCS(=O)(=O)CC1. The number of sulfone groups is 1. The number of hydrogen-bond donors (Lipinski definition) is 1. The normalized spacial score (nSPS) is 43.9. The van der Waals surface area contributed by atoms with Crippen molar-refractivity contribution in [3.8, 4) is 0 Å². The number of hydrogen-bond acceptors (Lipinski definition) is 10. The molecule has 0 unspecified atom stereocenters. The van der Waals surface area contributed by atoms with Gasteiger partial charge in [-0.25, -0.2) is 13.2 Å². The molecule has 7 aliphatic carbocycles. The standard InChI is InChI=1S/C50H84N2O8S/c1-33(59-41(53)32-58-28-27-57-10)37(52-25-29-61(55,56)30-26-52)31-51-50-20-14-34(46(6)21-22-46)42(50)35-11-12-39-47(7)18-16-40(60-43(54)36-13-17-44(36,2)3)45(4,5)38(47)15-19-49(39,9)48(35,8)23-24-50/h33-40,42,51H,11-32H2,1-10H3/t33-,34-,35-,36-,37-,38+,39-,40+,42-,47+,48-,49-,50+/m1/s1. The predicted molar refractivity (Wildman–Crippen MR) is 238 cm³/mol. The van der Waals surface area contributed by atoms with Gasteiger partial charge in [0.2, 0.25) is 0 Å². The number of rotatable bonds is 14. The maximum absolute atomic E-state index is 13.6. The molecule has 0 bridgehead atoms. The first-order chi connectivity index (χ1) is 28.6. The monoisotopic (exact) mass is 873 g/mol. The molecule has 8 aliphatic rings. The fraction of sp³-hybridized carbons (Fsp3) is 0.960. The third kappa shape index (κ3) is 7.89. The fourth-order valence-corrected chi connectivity index (χ4v) is 17.8. The van der Waals surface area contributed by atoms with Crippen molar-refractivity contribution in [1.82, 2.24) is 10.2 Å². The summed E-state index contributed by atoms with van der Waals surface area (Å²) in [5, 5.41) is 4.33. The molecule has 348 valence electrons. The van der Waals surface area contributed by atoms with Crippen LogP contribution in [-0.4, -0.2) is 107 Å². The summed E-state index contributed by atoms with van der Waals surface area (Å²) < 4.78 is 48.4. The Morgan fingerprint density at radius 2 is 1.48 bits per heavy atom. The van der Waals surface area contributed by atoms with Crippen LogP contribution in [0.4, 0.5) is 0 Å². The number of esters is 2. The molecule has 10 nitrogen and oxygen atoms in total. The van der Waals surface area contributed by atoms with Crippen LogP contribution in [0.3, 0.4) is 0 Å². The molecular formula is C50H84N2O8S. The number of methoxy groups -OCH3 is 1. The zero-order chi connectivity index (χ0) is 44.0. The molecule has 1 N–H and O–H groups in total. The van der Waals surface area contributed by atoms with Crippen LogP contribution in [0.5, 0.6) is 0 Å². The average molecular weight is 873 g/mol. The van der Waals surface area contributed by atoms with Crippen LogP contribution in [0.15, 0.2) is 0 Å². The minimum atomic E-state index is -3.07. The predicted octanol–water partition coefficient (Wildman–Crippen LogP) is 8.25. The lowest BCUT2D eigenvalue weighted by Gasteiger charge is -2.73. The molecule has 0 radical (unpaired) electrons. The molecular weight excluding hydrogens is 789 g/mol. The van der Waals surface area contributed by atoms with Gasteiger partial charge in [-0.3, -0.25) is 9.69 Å². The highest BCUT2D eigenvalue weighted by Crippen LogP contribution is 2.78. The van der Waals surface area contributed by atoms with Gasteiger partial charge in [0.25, 0.3) is 0 Å². The summed E-state index contributed by atoms with van der Waals surface area (Å²) >= 11 is 0. The number of ether oxygens (including phenoxy) is 4. The van der Waals surface area contributed by atoms with Crippen molar-refractivity contribution >= 4 is 21.8 Å². The largest absolute Gasteiger partial charge is 0.462 e. The van der Waals surface area contributed by atoms with Gasteiger partial charge in [-0.1, -0.05) is 55.4 Å². The van der Waals surface area contributed by atoms with Crippen LogP contribution in [-0.2, 0) is 38.4 Å². The maximum Gasteiger partial charge on any atom is 0.332 e. The molecule has 0 aromatic carbocycles. The Bertz CT molecular complexity index is 1750. The van der Waals surface area contributed by atoms with E-state index in [1.165, 1.54) is 57.8 Å². The van der Waals surface area contributed by atoms with Gasteiger partial charge >= 0.3 is 11.9 Å². The second-order valence-corrected chi connectivity index (χ2v) is 26.7. The van der Waals surface area contributed by atoms with E-state index in [1.807, 2.05) is 6.92 Å². The lowest BCUT2D eigenvalue weighted by molar-refractivity contribution is -0.249. The van der Waals surface area contributed by atoms with Crippen LogP contribution in [0.2, 0.25) is 0 Å². The molecule has 8 rings (SSSR count). The Kier molecular flexibility index (Phi) is 12.3. The fourth-order valence-electron chi connectivity index (χ4n) is 16.5. The Morgan fingerprint density at radius 1 is 0.754 bits per heavy atom. The summed E-state index contributed by atoms with van der Waals surface area (Å²) in [6.07, 6.45) is 16.2. The van der Waals surface area contributed by atoms with Gasteiger partial charge in [-0.2, -0.15) is 0 Å². The smallest absolute Gasteiger partial charge is 0.332 e. The van der Waals surface area contributed by atoms with E-state index in [0.717, 1.165) is 32.1 Å². The Hall–Kier alpha value is -1.27.